The molecule has 1 aliphatic carbocycles. The lowest BCUT2D eigenvalue weighted by Gasteiger charge is -2.35. The van der Waals surface area contributed by atoms with Crippen LogP contribution in [0.25, 0.3) is 11.1 Å². The van der Waals surface area contributed by atoms with Gasteiger partial charge in [0.15, 0.2) is 0 Å². The van der Waals surface area contributed by atoms with E-state index >= 15 is 0 Å². The highest BCUT2D eigenvalue weighted by atomic mass is 16.5. The Balaban J connectivity index is 1.19. The maximum Gasteiger partial charge on any atom is 0.224 e. The van der Waals surface area contributed by atoms with E-state index in [-0.39, 0.29) is 0 Å². The summed E-state index contributed by atoms with van der Waals surface area (Å²) in [4.78, 5) is 17.6. The lowest BCUT2D eigenvalue weighted by Crippen LogP contribution is -2.46. The number of fused-ring (bicyclic) bond motifs is 4. The summed E-state index contributed by atoms with van der Waals surface area (Å²) in [6.07, 6.45) is 4.85. The lowest BCUT2D eigenvalue weighted by molar-refractivity contribution is -0.133. The Labute approximate surface area is 172 Å². The van der Waals surface area contributed by atoms with E-state index in [4.69, 9.17) is 4.74 Å². The molecule has 150 valence electrons. The zero-order chi connectivity index (χ0) is 19.4. The number of rotatable bonds is 3. The van der Waals surface area contributed by atoms with Crippen molar-refractivity contribution in [1.82, 2.24) is 9.80 Å². The maximum atomic E-state index is 12.8. The molecule has 3 fully saturated rings. The van der Waals surface area contributed by atoms with Gasteiger partial charge in [-0.15, -0.1) is 0 Å². The van der Waals surface area contributed by atoms with Gasteiger partial charge in [0.25, 0.3) is 0 Å². The second-order valence-electron chi connectivity index (χ2n) is 9.07. The normalized spacial score (nSPS) is 26.6. The summed E-state index contributed by atoms with van der Waals surface area (Å²) in [7, 11) is 0. The van der Waals surface area contributed by atoms with Crippen LogP contribution in [0.5, 0.6) is 0 Å². The average molecular weight is 389 g/mol. The highest BCUT2D eigenvalue weighted by Crippen LogP contribution is 2.39. The van der Waals surface area contributed by atoms with E-state index in [1.807, 2.05) is 0 Å². The van der Waals surface area contributed by atoms with Crippen LogP contribution in [0.2, 0.25) is 0 Å². The Morgan fingerprint density at radius 2 is 1.76 bits per heavy atom. The largest absolute Gasteiger partial charge is 0.381 e. The minimum absolute atomic E-state index is 0.362. The fourth-order valence-electron chi connectivity index (χ4n) is 6.12. The molecule has 4 heteroatoms. The van der Waals surface area contributed by atoms with Gasteiger partial charge in [-0.25, -0.2) is 0 Å². The van der Waals surface area contributed by atoms with Crippen LogP contribution < -0.4 is 0 Å². The summed E-state index contributed by atoms with van der Waals surface area (Å²) in [5.41, 5.74) is 7.06. The smallest absolute Gasteiger partial charge is 0.224 e. The SMILES string of the molecule is O=C1C[C@H]2[C@H](CCN2Cc2ccc3c(c2)Cc2ccccc2-3)N1C1CCOCC1. The Morgan fingerprint density at radius 1 is 0.931 bits per heavy atom. The first-order valence-electron chi connectivity index (χ1n) is 11.1. The summed E-state index contributed by atoms with van der Waals surface area (Å²) in [5.74, 6) is 0.362. The van der Waals surface area contributed by atoms with E-state index < -0.39 is 0 Å². The van der Waals surface area contributed by atoms with Crippen molar-refractivity contribution in [2.45, 2.75) is 56.8 Å². The highest BCUT2D eigenvalue weighted by molar-refractivity contribution is 5.81. The Kier molecular flexibility index (Phi) is 4.24. The highest BCUT2D eigenvalue weighted by Gasteiger charge is 2.48. The first-order valence-corrected chi connectivity index (χ1v) is 11.1. The number of benzene rings is 2. The number of amides is 1. The zero-order valence-corrected chi connectivity index (χ0v) is 16.8. The molecule has 0 aromatic heterocycles. The van der Waals surface area contributed by atoms with E-state index in [2.05, 4.69) is 52.3 Å². The Morgan fingerprint density at radius 3 is 2.66 bits per heavy atom. The van der Waals surface area contributed by atoms with Crippen molar-refractivity contribution in [3.8, 4) is 11.1 Å². The zero-order valence-electron chi connectivity index (χ0n) is 16.8. The van der Waals surface area contributed by atoms with Crippen LogP contribution in [0, 0.1) is 0 Å². The minimum atomic E-state index is 0.362. The van der Waals surface area contributed by atoms with Crippen molar-refractivity contribution < 1.29 is 9.53 Å². The number of nitrogens with zero attached hydrogens (tertiary/aromatic N) is 2. The fraction of sp³-hybridized carbons (Fsp3) is 0.480. The summed E-state index contributed by atoms with van der Waals surface area (Å²) in [6.45, 7) is 3.65. The first kappa shape index (κ1) is 17.7. The molecular formula is C25H28N2O2. The van der Waals surface area contributed by atoms with E-state index in [9.17, 15) is 4.79 Å². The second kappa shape index (κ2) is 6.96. The van der Waals surface area contributed by atoms with Gasteiger partial charge >= 0.3 is 0 Å². The maximum absolute atomic E-state index is 12.8. The molecule has 0 spiro atoms. The predicted molar refractivity (Wildman–Crippen MR) is 113 cm³/mol. The Hall–Kier alpha value is -2.17. The summed E-state index contributed by atoms with van der Waals surface area (Å²) >= 11 is 0. The average Bonchev–Trinajstić information content (AvgIpc) is 3.40. The third kappa shape index (κ3) is 2.92. The molecule has 2 aromatic carbocycles. The molecular weight excluding hydrogens is 360 g/mol. The number of carbonyl (C=O) groups is 1. The van der Waals surface area contributed by atoms with Crippen LogP contribution in [0.15, 0.2) is 42.5 Å². The van der Waals surface area contributed by atoms with Crippen LogP contribution in [0.3, 0.4) is 0 Å². The molecule has 0 bridgehead atoms. The molecule has 0 unspecified atom stereocenters. The number of ether oxygens (including phenoxy) is 1. The minimum Gasteiger partial charge on any atom is -0.381 e. The van der Waals surface area contributed by atoms with Crippen LogP contribution in [-0.2, 0) is 22.5 Å². The topological polar surface area (TPSA) is 32.8 Å². The van der Waals surface area contributed by atoms with Gasteiger partial charge in [0, 0.05) is 50.8 Å². The van der Waals surface area contributed by atoms with E-state index in [0.717, 1.165) is 52.0 Å². The first-order chi connectivity index (χ1) is 14.3. The summed E-state index contributed by atoms with van der Waals surface area (Å²) in [6, 6.07) is 16.9. The van der Waals surface area contributed by atoms with E-state index in [1.165, 1.54) is 27.8 Å². The molecule has 1 amide bonds. The molecule has 3 aliphatic heterocycles. The van der Waals surface area contributed by atoms with Gasteiger partial charge in [-0.1, -0.05) is 42.5 Å². The predicted octanol–water partition coefficient (Wildman–Crippen LogP) is 3.61. The molecule has 6 rings (SSSR count). The van der Waals surface area contributed by atoms with Crippen LogP contribution >= 0.6 is 0 Å². The molecule has 2 atom stereocenters. The van der Waals surface area contributed by atoms with E-state index in [0.29, 0.717) is 30.5 Å². The molecule has 4 aliphatic rings. The van der Waals surface area contributed by atoms with Crippen molar-refractivity contribution >= 4 is 5.91 Å². The fourth-order valence-corrected chi connectivity index (χ4v) is 6.12. The molecule has 2 aromatic rings. The monoisotopic (exact) mass is 388 g/mol. The third-order valence-corrected chi connectivity index (χ3v) is 7.48. The van der Waals surface area contributed by atoms with E-state index in [1.54, 1.807) is 0 Å². The molecule has 3 heterocycles. The number of hydrogen-bond donors (Lipinski definition) is 0. The van der Waals surface area contributed by atoms with Gasteiger partial charge in [-0.2, -0.15) is 0 Å². The summed E-state index contributed by atoms with van der Waals surface area (Å²) in [5, 5.41) is 0. The number of hydrogen-bond acceptors (Lipinski definition) is 3. The van der Waals surface area contributed by atoms with Crippen LogP contribution in [0.4, 0.5) is 0 Å². The molecule has 0 radical (unpaired) electrons. The van der Waals surface area contributed by atoms with Crippen molar-refractivity contribution in [3.63, 3.8) is 0 Å². The van der Waals surface area contributed by atoms with Crippen molar-refractivity contribution in [1.29, 1.82) is 0 Å². The molecule has 29 heavy (non-hydrogen) atoms. The van der Waals surface area contributed by atoms with Crippen LogP contribution in [0.1, 0.15) is 42.4 Å². The van der Waals surface area contributed by atoms with Crippen molar-refractivity contribution in [2.75, 3.05) is 19.8 Å². The molecule has 3 saturated heterocycles. The quantitative estimate of drug-likeness (QED) is 0.687. The van der Waals surface area contributed by atoms with Crippen molar-refractivity contribution in [3.05, 3.63) is 59.2 Å². The van der Waals surface area contributed by atoms with Crippen LogP contribution in [-0.4, -0.2) is 53.6 Å². The molecule has 0 N–H and O–H groups in total. The van der Waals surface area contributed by atoms with Gasteiger partial charge in [-0.3, -0.25) is 9.69 Å². The molecule has 0 saturated carbocycles. The summed E-state index contributed by atoms with van der Waals surface area (Å²) < 4.78 is 5.52. The second-order valence-corrected chi connectivity index (χ2v) is 9.07. The van der Waals surface area contributed by atoms with Gasteiger partial charge in [0.05, 0.1) is 0 Å². The van der Waals surface area contributed by atoms with Crippen molar-refractivity contribution in [2.24, 2.45) is 0 Å². The Bertz CT molecular complexity index is 950. The van der Waals surface area contributed by atoms with Gasteiger partial charge in [0.1, 0.15) is 0 Å². The lowest BCUT2D eigenvalue weighted by atomic mass is 10.0. The third-order valence-electron chi connectivity index (χ3n) is 7.48. The van der Waals surface area contributed by atoms with Gasteiger partial charge in [-0.05, 0) is 53.5 Å². The van der Waals surface area contributed by atoms with Gasteiger partial charge < -0.3 is 9.64 Å². The number of likely N-dealkylation sites (tertiary alicyclic amines) is 2. The molecule has 4 nitrogen and oxygen atoms in total. The number of carbonyl (C=O) groups excluding carboxylic acids is 1. The standard InChI is InChI=1S/C25H28N2O2/c28-25-15-24-23(27(25)20-8-11-29-12-9-20)7-10-26(24)16-17-5-6-22-19(13-17)14-18-3-1-2-4-21(18)22/h1-6,13,20,23-24H,7-12,14-16H2/t23-,24-/m0/s1. The van der Waals surface area contributed by atoms with Gasteiger partial charge in [0.2, 0.25) is 5.91 Å².